The number of H-pyrrole nitrogens is 1. The second kappa shape index (κ2) is 12.6. The van der Waals surface area contributed by atoms with Gasteiger partial charge in [-0.25, -0.2) is 0 Å². The predicted molar refractivity (Wildman–Crippen MR) is 159 cm³/mol. The van der Waals surface area contributed by atoms with Crippen molar-refractivity contribution in [3.05, 3.63) is 75.9 Å². The second-order valence-corrected chi connectivity index (χ2v) is 11.6. The highest BCUT2D eigenvalue weighted by molar-refractivity contribution is 6.42. The van der Waals surface area contributed by atoms with Crippen LogP contribution in [0.1, 0.15) is 49.7 Å². The minimum Gasteiger partial charge on any atom is -0.361 e. The summed E-state index contributed by atoms with van der Waals surface area (Å²) in [7, 11) is 0. The summed E-state index contributed by atoms with van der Waals surface area (Å²) in [6.07, 6.45) is 9.66. The molecule has 3 aromatic rings. The molecule has 1 aromatic heterocycles. The maximum atomic E-state index is 12.9. The smallest absolute Gasteiger partial charge is 0.246 e. The van der Waals surface area contributed by atoms with Crippen molar-refractivity contribution in [3.8, 4) is 0 Å². The van der Waals surface area contributed by atoms with Gasteiger partial charge in [-0.1, -0.05) is 47.5 Å². The van der Waals surface area contributed by atoms with Gasteiger partial charge in [0.1, 0.15) is 0 Å². The number of aromatic amines is 1. The molecule has 1 unspecified atom stereocenters. The molecule has 8 heteroatoms. The van der Waals surface area contributed by atoms with Crippen LogP contribution in [0.2, 0.25) is 10.0 Å². The maximum Gasteiger partial charge on any atom is 0.246 e. The molecule has 2 fully saturated rings. The van der Waals surface area contributed by atoms with E-state index < -0.39 is 0 Å². The highest BCUT2D eigenvalue weighted by atomic mass is 35.5. The van der Waals surface area contributed by atoms with Crippen LogP contribution in [0.5, 0.6) is 0 Å². The van der Waals surface area contributed by atoms with E-state index in [9.17, 15) is 9.59 Å². The molecular formula is C31H36Cl2N4O2. The van der Waals surface area contributed by atoms with Crippen LogP contribution >= 0.6 is 23.2 Å². The zero-order chi connectivity index (χ0) is 27.4. The molecule has 6 nitrogen and oxygen atoms in total. The fourth-order valence-corrected chi connectivity index (χ4v) is 6.52. The number of likely N-dealkylation sites (tertiary alicyclic amines) is 2. The zero-order valence-corrected chi connectivity index (χ0v) is 23.8. The van der Waals surface area contributed by atoms with Gasteiger partial charge in [0.2, 0.25) is 11.8 Å². The first-order valence-corrected chi connectivity index (χ1v) is 14.6. The lowest BCUT2D eigenvalue weighted by Gasteiger charge is -2.44. The van der Waals surface area contributed by atoms with Crippen molar-refractivity contribution in [2.45, 2.75) is 44.6 Å². The number of nitrogens with one attached hydrogen (secondary N) is 2. The van der Waals surface area contributed by atoms with Gasteiger partial charge in [0.05, 0.1) is 10.0 Å². The van der Waals surface area contributed by atoms with Crippen LogP contribution < -0.4 is 5.32 Å². The van der Waals surface area contributed by atoms with Gasteiger partial charge < -0.3 is 15.2 Å². The molecule has 2 amide bonds. The van der Waals surface area contributed by atoms with Gasteiger partial charge in [-0.3, -0.25) is 14.5 Å². The maximum absolute atomic E-state index is 12.9. The molecule has 2 saturated heterocycles. The second-order valence-electron chi connectivity index (χ2n) is 10.8. The van der Waals surface area contributed by atoms with Gasteiger partial charge in [0, 0.05) is 55.8 Å². The third-order valence-electron chi connectivity index (χ3n) is 8.38. The Morgan fingerprint density at radius 3 is 2.49 bits per heavy atom. The number of hydrogen-bond donors (Lipinski definition) is 2. The summed E-state index contributed by atoms with van der Waals surface area (Å²) in [5, 5.41) is 5.39. The number of fused-ring (bicyclic) bond motifs is 1. The fraction of sp³-hybridized carbons (Fsp3) is 0.419. The lowest BCUT2D eigenvalue weighted by molar-refractivity contribution is -0.127. The standard InChI is InChI=1S/C31H36Cl2N4O2/c1-21(38)34-20-30(36-14-10-23(11-15-36)26-19-35-29-5-3-2-4-25(26)29)24-12-16-37(17-13-24)31(39)9-7-22-6-8-27(32)28(33)18-22/h2-9,18-19,23-24,30,35H,10-17,20H2,1H3,(H,34,38). The monoisotopic (exact) mass is 566 g/mol. The van der Waals surface area contributed by atoms with E-state index in [1.807, 2.05) is 11.0 Å². The van der Waals surface area contributed by atoms with Crippen LogP contribution in [0.15, 0.2) is 54.7 Å². The van der Waals surface area contributed by atoms with Gasteiger partial charge in [0.15, 0.2) is 0 Å². The number of piperidine rings is 2. The summed E-state index contributed by atoms with van der Waals surface area (Å²) in [5.74, 6) is 0.997. The molecule has 0 bridgehead atoms. The number of amides is 2. The summed E-state index contributed by atoms with van der Waals surface area (Å²) in [5.41, 5.74) is 3.47. The molecule has 2 aromatic carbocycles. The number of hydrogen-bond acceptors (Lipinski definition) is 3. The van der Waals surface area contributed by atoms with Crippen molar-refractivity contribution in [3.63, 3.8) is 0 Å². The van der Waals surface area contributed by atoms with E-state index in [-0.39, 0.29) is 17.9 Å². The van der Waals surface area contributed by atoms with Crippen LogP contribution in [0.25, 0.3) is 17.0 Å². The minimum absolute atomic E-state index is 0.00809. The van der Waals surface area contributed by atoms with Gasteiger partial charge in [-0.15, -0.1) is 0 Å². The molecule has 0 aliphatic carbocycles. The Kier molecular flexibility index (Phi) is 8.96. The van der Waals surface area contributed by atoms with Crippen molar-refractivity contribution in [2.75, 3.05) is 32.7 Å². The number of nitrogens with zero attached hydrogens (tertiary/aromatic N) is 2. The van der Waals surface area contributed by atoms with Crippen LogP contribution in [0, 0.1) is 5.92 Å². The lowest BCUT2D eigenvalue weighted by atomic mass is 9.84. The first-order chi connectivity index (χ1) is 18.9. The number of para-hydroxylation sites is 1. The Labute approximate surface area is 240 Å². The Balaban J connectivity index is 1.18. The molecule has 5 rings (SSSR count). The third-order valence-corrected chi connectivity index (χ3v) is 9.12. The quantitative estimate of drug-likeness (QED) is 0.339. The molecule has 2 aliphatic rings. The molecule has 3 heterocycles. The Morgan fingerprint density at radius 1 is 1.03 bits per heavy atom. The highest BCUT2D eigenvalue weighted by Gasteiger charge is 2.34. The van der Waals surface area contributed by atoms with Gasteiger partial charge >= 0.3 is 0 Å². The Hall–Kier alpha value is -2.80. The van der Waals surface area contributed by atoms with Gasteiger partial charge in [-0.2, -0.15) is 0 Å². The summed E-state index contributed by atoms with van der Waals surface area (Å²) >= 11 is 12.1. The molecular weight excluding hydrogens is 531 g/mol. The first-order valence-electron chi connectivity index (χ1n) is 13.9. The number of benzene rings is 2. The van der Waals surface area contributed by atoms with E-state index in [2.05, 4.69) is 45.7 Å². The molecule has 39 heavy (non-hydrogen) atoms. The van der Waals surface area contributed by atoms with Gasteiger partial charge in [-0.05, 0) is 86.0 Å². The van der Waals surface area contributed by atoms with Crippen molar-refractivity contribution >= 4 is 52.0 Å². The highest BCUT2D eigenvalue weighted by Crippen LogP contribution is 2.35. The predicted octanol–water partition coefficient (Wildman–Crippen LogP) is 6.11. The normalized spacial score (nSPS) is 18.6. The van der Waals surface area contributed by atoms with E-state index >= 15 is 0 Å². The number of carbonyl (C=O) groups is 2. The largest absolute Gasteiger partial charge is 0.361 e. The Morgan fingerprint density at radius 2 is 1.77 bits per heavy atom. The zero-order valence-electron chi connectivity index (χ0n) is 22.3. The van der Waals surface area contributed by atoms with Crippen molar-refractivity contribution in [1.82, 2.24) is 20.1 Å². The fourth-order valence-electron chi connectivity index (χ4n) is 6.21. The molecule has 206 valence electrons. The molecule has 2 N–H and O–H groups in total. The molecule has 0 saturated carbocycles. The molecule has 0 radical (unpaired) electrons. The SMILES string of the molecule is CC(=O)NCC(C1CCN(C(=O)C=Cc2ccc(Cl)c(Cl)c2)CC1)N1CCC(c2c[nH]c3ccccc23)CC1. The van der Waals surface area contributed by atoms with Crippen LogP contribution in [-0.2, 0) is 9.59 Å². The van der Waals surface area contributed by atoms with E-state index in [1.165, 1.54) is 16.5 Å². The summed E-state index contributed by atoms with van der Waals surface area (Å²) in [6, 6.07) is 14.1. The number of halogens is 2. The molecule has 1 atom stereocenters. The number of rotatable bonds is 7. The van der Waals surface area contributed by atoms with E-state index in [4.69, 9.17) is 23.2 Å². The number of aromatic nitrogens is 1. The number of carbonyl (C=O) groups excluding carboxylic acids is 2. The lowest BCUT2D eigenvalue weighted by Crippen LogP contribution is -2.53. The molecule has 0 spiro atoms. The Bertz CT molecular complexity index is 1340. The van der Waals surface area contributed by atoms with E-state index in [0.29, 0.717) is 28.4 Å². The average molecular weight is 568 g/mol. The summed E-state index contributed by atoms with van der Waals surface area (Å²) in [6.45, 7) is 5.71. The van der Waals surface area contributed by atoms with Crippen molar-refractivity contribution in [1.29, 1.82) is 0 Å². The first kappa shape index (κ1) is 27.8. The van der Waals surface area contributed by atoms with Crippen molar-refractivity contribution < 1.29 is 9.59 Å². The van der Waals surface area contributed by atoms with Gasteiger partial charge in [0.25, 0.3) is 0 Å². The van der Waals surface area contributed by atoms with Crippen LogP contribution in [0.3, 0.4) is 0 Å². The minimum atomic E-state index is 0.00809. The summed E-state index contributed by atoms with van der Waals surface area (Å²) < 4.78 is 0. The van der Waals surface area contributed by atoms with Crippen molar-refractivity contribution in [2.24, 2.45) is 5.92 Å². The summed E-state index contributed by atoms with van der Waals surface area (Å²) in [4.78, 5) is 32.6. The topological polar surface area (TPSA) is 68.4 Å². The average Bonchev–Trinajstić information content (AvgIpc) is 3.38. The van der Waals surface area contributed by atoms with E-state index in [1.54, 1.807) is 31.2 Å². The third kappa shape index (κ3) is 6.68. The van der Waals surface area contributed by atoms with Crippen LogP contribution in [-0.4, -0.2) is 65.4 Å². The molecule has 2 aliphatic heterocycles. The van der Waals surface area contributed by atoms with Crippen LogP contribution in [0.4, 0.5) is 0 Å². The van der Waals surface area contributed by atoms with E-state index in [0.717, 1.165) is 57.4 Å².